The van der Waals surface area contributed by atoms with Gasteiger partial charge < -0.3 is 15.0 Å². The van der Waals surface area contributed by atoms with E-state index in [1.807, 2.05) is 20.8 Å². The molecule has 0 spiro atoms. The molecule has 2 amide bonds. The van der Waals surface area contributed by atoms with Crippen molar-refractivity contribution in [3.8, 4) is 5.75 Å². The first-order valence-corrected chi connectivity index (χ1v) is 15.7. The summed E-state index contributed by atoms with van der Waals surface area (Å²) in [6.45, 7) is 7.25. The maximum atomic E-state index is 14.1. The standard InChI is InChI=1S/C31H37ClFN3O5S/c1-5-22(4)34-31(38)29(6-2)35(20-23-8-10-24(32)11-9-23)30(37)21-36(26-14-12-25(33)13-15-26)42(39,40)28-18-16-27(17-19-28)41-7-3/h8-19,22,29H,5-7,20-21H2,1-4H3,(H,34,38)/t22-,29+/m1/s1. The molecule has 0 radical (unpaired) electrons. The van der Waals surface area contributed by atoms with E-state index in [-0.39, 0.29) is 29.1 Å². The Morgan fingerprint density at radius 1 is 0.929 bits per heavy atom. The summed E-state index contributed by atoms with van der Waals surface area (Å²) in [4.78, 5) is 28.7. The molecule has 3 aromatic carbocycles. The van der Waals surface area contributed by atoms with Crippen LogP contribution in [0.4, 0.5) is 10.1 Å². The zero-order valence-electron chi connectivity index (χ0n) is 24.2. The molecule has 2 atom stereocenters. The number of hydrogen-bond donors (Lipinski definition) is 1. The molecule has 0 aliphatic heterocycles. The Morgan fingerprint density at radius 2 is 1.55 bits per heavy atom. The number of halogens is 2. The van der Waals surface area contributed by atoms with Crippen LogP contribution in [0.15, 0.2) is 77.7 Å². The van der Waals surface area contributed by atoms with Gasteiger partial charge in [0, 0.05) is 17.6 Å². The molecule has 42 heavy (non-hydrogen) atoms. The molecule has 0 unspecified atom stereocenters. The van der Waals surface area contributed by atoms with Gasteiger partial charge in [0.1, 0.15) is 24.2 Å². The van der Waals surface area contributed by atoms with E-state index in [2.05, 4.69) is 5.32 Å². The van der Waals surface area contributed by atoms with Crippen molar-refractivity contribution in [2.24, 2.45) is 0 Å². The van der Waals surface area contributed by atoms with Crippen LogP contribution in [0.1, 0.15) is 46.1 Å². The summed E-state index contributed by atoms with van der Waals surface area (Å²) in [6, 6.07) is 16.6. The van der Waals surface area contributed by atoms with Gasteiger partial charge in [-0.2, -0.15) is 0 Å². The maximum absolute atomic E-state index is 14.1. The SMILES string of the molecule is CCOc1ccc(S(=O)(=O)N(CC(=O)N(Cc2ccc(Cl)cc2)[C@@H](CC)C(=O)N[C@H](C)CC)c2ccc(F)cc2)cc1. The summed E-state index contributed by atoms with van der Waals surface area (Å²) in [7, 11) is -4.29. The van der Waals surface area contributed by atoms with Gasteiger partial charge in [0.05, 0.1) is 17.2 Å². The lowest BCUT2D eigenvalue weighted by Gasteiger charge is -2.33. The average molecular weight is 618 g/mol. The first kappa shape index (κ1) is 32.9. The van der Waals surface area contributed by atoms with Crippen LogP contribution in [0, 0.1) is 5.82 Å². The molecule has 0 fully saturated rings. The second kappa shape index (κ2) is 15.0. The summed E-state index contributed by atoms with van der Waals surface area (Å²) < 4.78 is 48.0. The zero-order valence-corrected chi connectivity index (χ0v) is 25.8. The quantitative estimate of drug-likeness (QED) is 0.247. The second-order valence-electron chi connectivity index (χ2n) is 9.78. The van der Waals surface area contributed by atoms with Crippen molar-refractivity contribution in [1.82, 2.24) is 10.2 Å². The lowest BCUT2D eigenvalue weighted by atomic mass is 10.1. The Bertz CT molecular complexity index is 1430. The van der Waals surface area contributed by atoms with Crippen LogP contribution in [0.2, 0.25) is 5.02 Å². The highest BCUT2D eigenvalue weighted by Crippen LogP contribution is 2.26. The van der Waals surface area contributed by atoms with Crippen LogP contribution in [0.5, 0.6) is 5.75 Å². The van der Waals surface area contributed by atoms with E-state index >= 15 is 0 Å². The van der Waals surface area contributed by atoms with Crippen LogP contribution >= 0.6 is 11.6 Å². The number of hydrogen-bond acceptors (Lipinski definition) is 5. The molecule has 0 aliphatic rings. The van der Waals surface area contributed by atoms with Crippen molar-refractivity contribution in [1.29, 1.82) is 0 Å². The number of nitrogens with zero attached hydrogens (tertiary/aromatic N) is 2. The number of sulfonamides is 1. The van der Waals surface area contributed by atoms with Crippen LogP contribution in [0.25, 0.3) is 0 Å². The van der Waals surface area contributed by atoms with E-state index in [9.17, 15) is 22.4 Å². The molecular weight excluding hydrogens is 581 g/mol. The second-order valence-corrected chi connectivity index (χ2v) is 12.1. The Morgan fingerprint density at radius 3 is 2.10 bits per heavy atom. The predicted octanol–water partition coefficient (Wildman–Crippen LogP) is 5.80. The van der Waals surface area contributed by atoms with Gasteiger partial charge >= 0.3 is 0 Å². The summed E-state index contributed by atoms with van der Waals surface area (Å²) in [5, 5.41) is 3.45. The number of rotatable bonds is 14. The van der Waals surface area contributed by atoms with E-state index in [0.717, 1.165) is 16.4 Å². The highest BCUT2D eigenvalue weighted by Gasteiger charge is 2.34. The van der Waals surface area contributed by atoms with Crippen molar-refractivity contribution in [3.63, 3.8) is 0 Å². The lowest BCUT2D eigenvalue weighted by Crippen LogP contribution is -2.53. The highest BCUT2D eigenvalue weighted by molar-refractivity contribution is 7.92. The van der Waals surface area contributed by atoms with Gasteiger partial charge in [-0.3, -0.25) is 13.9 Å². The summed E-state index contributed by atoms with van der Waals surface area (Å²) in [5.41, 5.74) is 0.812. The monoisotopic (exact) mass is 617 g/mol. The number of nitrogens with one attached hydrogen (secondary N) is 1. The molecule has 3 rings (SSSR count). The van der Waals surface area contributed by atoms with Gasteiger partial charge in [-0.15, -0.1) is 0 Å². The molecule has 1 N–H and O–H groups in total. The van der Waals surface area contributed by atoms with E-state index in [0.29, 0.717) is 35.8 Å². The van der Waals surface area contributed by atoms with Crippen molar-refractivity contribution in [3.05, 3.63) is 89.2 Å². The number of anilines is 1. The first-order valence-electron chi connectivity index (χ1n) is 13.9. The number of carbonyl (C=O) groups excluding carboxylic acids is 2. The van der Waals surface area contributed by atoms with Crippen LogP contribution in [-0.2, 0) is 26.2 Å². The summed E-state index contributed by atoms with van der Waals surface area (Å²) in [5.74, 6) is -1.000. The number of ether oxygens (including phenoxy) is 1. The molecule has 0 saturated carbocycles. The number of carbonyl (C=O) groups is 2. The molecule has 0 aromatic heterocycles. The number of amides is 2. The summed E-state index contributed by atoms with van der Waals surface area (Å²) >= 11 is 6.06. The Hall–Kier alpha value is -3.63. The third kappa shape index (κ3) is 8.45. The molecule has 3 aromatic rings. The van der Waals surface area contributed by atoms with Crippen molar-refractivity contribution < 1.29 is 27.1 Å². The van der Waals surface area contributed by atoms with Crippen molar-refractivity contribution in [2.45, 2.75) is 64.1 Å². The van der Waals surface area contributed by atoms with Gasteiger partial charge in [0.25, 0.3) is 10.0 Å². The maximum Gasteiger partial charge on any atom is 0.264 e. The molecule has 0 aliphatic carbocycles. The van der Waals surface area contributed by atoms with Gasteiger partial charge in [0.2, 0.25) is 11.8 Å². The smallest absolute Gasteiger partial charge is 0.264 e. The topological polar surface area (TPSA) is 96.0 Å². The Labute approximate surface area is 252 Å². The molecule has 11 heteroatoms. The molecular formula is C31H37ClFN3O5S. The van der Waals surface area contributed by atoms with Gasteiger partial charge in [-0.1, -0.05) is 37.6 Å². The van der Waals surface area contributed by atoms with Gasteiger partial charge in [-0.25, -0.2) is 12.8 Å². The Balaban J connectivity index is 2.04. The Kier molecular flexibility index (Phi) is 11.8. The molecule has 226 valence electrons. The van der Waals surface area contributed by atoms with Gasteiger partial charge in [-0.05, 0) is 92.9 Å². The molecule has 0 heterocycles. The third-order valence-corrected chi connectivity index (χ3v) is 8.81. The van der Waals surface area contributed by atoms with E-state index in [1.165, 1.54) is 41.3 Å². The fourth-order valence-corrected chi connectivity index (χ4v) is 5.83. The summed E-state index contributed by atoms with van der Waals surface area (Å²) in [6.07, 6.45) is 0.996. The van der Waals surface area contributed by atoms with E-state index in [1.54, 1.807) is 31.2 Å². The minimum atomic E-state index is -4.29. The van der Waals surface area contributed by atoms with Crippen LogP contribution in [-0.4, -0.2) is 50.4 Å². The van der Waals surface area contributed by atoms with Crippen molar-refractivity contribution >= 4 is 39.1 Å². The highest BCUT2D eigenvalue weighted by atomic mass is 35.5. The molecule has 8 nitrogen and oxygen atoms in total. The average Bonchev–Trinajstić information content (AvgIpc) is 2.97. The third-order valence-electron chi connectivity index (χ3n) is 6.77. The van der Waals surface area contributed by atoms with E-state index < -0.39 is 34.3 Å². The fraction of sp³-hybridized carbons (Fsp3) is 0.355. The fourth-order valence-electron chi connectivity index (χ4n) is 4.28. The minimum Gasteiger partial charge on any atom is -0.494 e. The molecule has 0 saturated heterocycles. The van der Waals surface area contributed by atoms with E-state index in [4.69, 9.17) is 16.3 Å². The predicted molar refractivity (Wildman–Crippen MR) is 163 cm³/mol. The van der Waals surface area contributed by atoms with Crippen LogP contribution in [0.3, 0.4) is 0 Å². The first-order chi connectivity index (χ1) is 20.0. The minimum absolute atomic E-state index is 0.0444. The van der Waals surface area contributed by atoms with Crippen molar-refractivity contribution in [2.75, 3.05) is 17.5 Å². The molecule has 0 bridgehead atoms. The zero-order chi connectivity index (χ0) is 30.9. The lowest BCUT2D eigenvalue weighted by molar-refractivity contribution is -0.140. The largest absolute Gasteiger partial charge is 0.494 e. The normalized spacial score (nSPS) is 12.7. The number of benzene rings is 3. The van der Waals surface area contributed by atoms with Gasteiger partial charge in [0.15, 0.2) is 0 Å². The van der Waals surface area contributed by atoms with Crippen LogP contribution < -0.4 is 14.4 Å².